The molecule has 118 valence electrons. The van der Waals surface area contributed by atoms with Crippen LogP contribution >= 0.6 is 12.2 Å². The van der Waals surface area contributed by atoms with Gasteiger partial charge in [-0.15, -0.1) is 0 Å². The Morgan fingerprint density at radius 1 is 1.43 bits per heavy atom. The van der Waals surface area contributed by atoms with Crippen molar-refractivity contribution >= 4 is 27.2 Å². The van der Waals surface area contributed by atoms with Crippen molar-refractivity contribution in [1.29, 1.82) is 0 Å². The van der Waals surface area contributed by atoms with Gasteiger partial charge >= 0.3 is 0 Å². The van der Waals surface area contributed by atoms with Gasteiger partial charge in [0, 0.05) is 18.2 Å². The first-order chi connectivity index (χ1) is 9.74. The number of thiocarbonyl (C=S) groups is 1. The highest BCUT2D eigenvalue weighted by Crippen LogP contribution is 2.11. The maximum absolute atomic E-state index is 12.2. The van der Waals surface area contributed by atoms with Crippen LogP contribution in [0.15, 0.2) is 29.2 Å². The molecule has 0 aromatic heterocycles. The number of hydrogen-bond acceptors (Lipinski definition) is 4. The highest BCUT2D eigenvalue weighted by Gasteiger charge is 2.14. The lowest BCUT2D eigenvalue weighted by Gasteiger charge is -2.20. The molecular weight excluding hydrogens is 306 g/mol. The number of nitrogens with zero attached hydrogens (tertiary/aromatic N) is 1. The van der Waals surface area contributed by atoms with Crippen molar-refractivity contribution in [3.8, 4) is 0 Å². The molecule has 7 heteroatoms. The van der Waals surface area contributed by atoms with Gasteiger partial charge in [-0.2, -0.15) is 0 Å². The molecule has 0 bridgehead atoms. The number of sulfonamides is 1. The predicted octanol–water partition coefficient (Wildman–Crippen LogP) is 1.33. The summed E-state index contributed by atoms with van der Waals surface area (Å²) in [6, 6.07) is 6.80. The van der Waals surface area contributed by atoms with E-state index in [-0.39, 0.29) is 9.88 Å². The van der Waals surface area contributed by atoms with Crippen molar-refractivity contribution in [1.82, 2.24) is 9.62 Å². The summed E-state index contributed by atoms with van der Waals surface area (Å²) in [6.07, 6.45) is 0.753. The molecule has 1 aromatic rings. The van der Waals surface area contributed by atoms with Gasteiger partial charge in [-0.25, -0.2) is 13.1 Å². The Kier molecular flexibility index (Phi) is 6.73. The van der Waals surface area contributed by atoms with Crippen molar-refractivity contribution in [2.75, 3.05) is 20.1 Å². The van der Waals surface area contributed by atoms with Crippen LogP contribution in [0, 0.1) is 0 Å². The van der Waals surface area contributed by atoms with Crippen LogP contribution in [0.3, 0.4) is 0 Å². The lowest BCUT2D eigenvalue weighted by atomic mass is 10.2. The van der Waals surface area contributed by atoms with Gasteiger partial charge in [0.15, 0.2) is 0 Å². The maximum atomic E-state index is 12.2. The number of rotatable bonds is 8. The second-order valence-electron chi connectivity index (χ2n) is 5.22. The van der Waals surface area contributed by atoms with Crippen LogP contribution < -0.4 is 10.5 Å². The number of benzene rings is 1. The van der Waals surface area contributed by atoms with E-state index in [4.69, 9.17) is 18.0 Å². The van der Waals surface area contributed by atoms with E-state index < -0.39 is 10.0 Å². The second-order valence-corrected chi connectivity index (χ2v) is 7.42. The molecule has 0 saturated heterocycles. The van der Waals surface area contributed by atoms with Gasteiger partial charge < -0.3 is 10.6 Å². The third-order valence-electron chi connectivity index (χ3n) is 3.29. The van der Waals surface area contributed by atoms with Gasteiger partial charge in [-0.3, -0.25) is 0 Å². The van der Waals surface area contributed by atoms with Crippen molar-refractivity contribution in [2.24, 2.45) is 5.73 Å². The minimum Gasteiger partial charge on any atom is -0.389 e. The van der Waals surface area contributed by atoms with Gasteiger partial charge in [0.1, 0.15) is 4.99 Å². The minimum atomic E-state index is -3.52. The average molecular weight is 329 g/mol. The van der Waals surface area contributed by atoms with Crippen LogP contribution in [-0.2, 0) is 10.0 Å². The quantitative estimate of drug-likeness (QED) is 0.556. The molecule has 0 heterocycles. The average Bonchev–Trinajstić information content (AvgIpc) is 2.43. The molecule has 0 saturated carbocycles. The van der Waals surface area contributed by atoms with Gasteiger partial charge in [0.05, 0.1) is 4.90 Å². The molecule has 0 atom stereocenters. The van der Waals surface area contributed by atoms with Crippen LogP contribution in [0.4, 0.5) is 0 Å². The van der Waals surface area contributed by atoms with Crippen molar-refractivity contribution in [3.05, 3.63) is 29.8 Å². The van der Waals surface area contributed by atoms with Crippen molar-refractivity contribution < 1.29 is 8.42 Å². The molecular formula is C14H23N3O2S2. The summed E-state index contributed by atoms with van der Waals surface area (Å²) in [7, 11) is -1.50. The number of nitrogens with one attached hydrogen (secondary N) is 1. The Morgan fingerprint density at radius 3 is 2.67 bits per heavy atom. The van der Waals surface area contributed by atoms with Gasteiger partial charge in [-0.1, -0.05) is 24.4 Å². The van der Waals surface area contributed by atoms with E-state index in [1.54, 1.807) is 12.1 Å². The molecule has 1 aromatic carbocycles. The van der Waals surface area contributed by atoms with E-state index in [2.05, 4.69) is 23.5 Å². The third-order valence-corrected chi connectivity index (χ3v) is 4.98. The van der Waals surface area contributed by atoms with E-state index in [0.29, 0.717) is 18.2 Å². The molecule has 0 aliphatic rings. The Morgan fingerprint density at radius 2 is 2.10 bits per heavy atom. The van der Waals surface area contributed by atoms with E-state index in [9.17, 15) is 8.42 Å². The molecule has 3 N–H and O–H groups in total. The topological polar surface area (TPSA) is 75.4 Å². The largest absolute Gasteiger partial charge is 0.389 e. The highest BCUT2D eigenvalue weighted by molar-refractivity contribution is 7.89. The second kappa shape index (κ2) is 7.84. The fraction of sp³-hybridized carbons (Fsp3) is 0.500. The molecule has 0 aliphatic carbocycles. The van der Waals surface area contributed by atoms with Crippen molar-refractivity contribution in [3.63, 3.8) is 0 Å². The Hall–Kier alpha value is -1.02. The zero-order valence-electron chi connectivity index (χ0n) is 12.7. The Labute approximate surface area is 132 Å². The highest BCUT2D eigenvalue weighted by atomic mass is 32.2. The summed E-state index contributed by atoms with van der Waals surface area (Å²) in [4.78, 5) is 2.54. The first-order valence-electron chi connectivity index (χ1n) is 6.84. The summed E-state index contributed by atoms with van der Waals surface area (Å²) >= 11 is 4.86. The lowest BCUT2D eigenvalue weighted by Crippen LogP contribution is -2.31. The molecule has 0 spiro atoms. The normalized spacial score (nSPS) is 12.0. The molecule has 0 amide bonds. The molecule has 21 heavy (non-hydrogen) atoms. The van der Waals surface area contributed by atoms with E-state index in [1.165, 1.54) is 12.1 Å². The van der Waals surface area contributed by atoms with E-state index >= 15 is 0 Å². The first kappa shape index (κ1) is 18.0. The van der Waals surface area contributed by atoms with Gasteiger partial charge in [0.2, 0.25) is 10.0 Å². The molecule has 0 aliphatic heterocycles. The summed E-state index contributed by atoms with van der Waals surface area (Å²) < 4.78 is 27.0. The standard InChI is InChI=1S/C14H23N3O2S2/c1-11(2)17(3)9-5-8-16-21(18,19)13-7-4-6-12(10-13)14(15)20/h4,6-7,10-11,16H,5,8-9H2,1-3H3,(H2,15,20). The number of hydrogen-bond donors (Lipinski definition) is 2. The zero-order valence-corrected chi connectivity index (χ0v) is 14.3. The van der Waals surface area contributed by atoms with Crippen LogP contribution in [0.1, 0.15) is 25.8 Å². The third kappa shape index (κ3) is 5.70. The first-order valence-corrected chi connectivity index (χ1v) is 8.73. The SMILES string of the molecule is CC(C)N(C)CCCNS(=O)(=O)c1cccc(C(N)=S)c1. The Balaban J connectivity index is 2.62. The van der Waals surface area contributed by atoms with Crippen LogP contribution in [0.2, 0.25) is 0 Å². The molecule has 0 fully saturated rings. The number of nitrogens with two attached hydrogens (primary N) is 1. The fourth-order valence-corrected chi connectivity index (χ4v) is 2.94. The van der Waals surface area contributed by atoms with E-state index in [1.807, 2.05) is 7.05 Å². The summed E-state index contributed by atoms with van der Waals surface area (Å²) in [5.41, 5.74) is 6.07. The summed E-state index contributed by atoms with van der Waals surface area (Å²) in [6.45, 7) is 5.45. The maximum Gasteiger partial charge on any atom is 0.240 e. The molecule has 1 rings (SSSR count). The van der Waals surface area contributed by atoms with Gasteiger partial charge in [0.25, 0.3) is 0 Å². The molecule has 0 radical (unpaired) electrons. The summed E-state index contributed by atoms with van der Waals surface area (Å²) in [5.74, 6) is 0. The predicted molar refractivity (Wildman–Crippen MR) is 89.9 cm³/mol. The fourth-order valence-electron chi connectivity index (χ4n) is 1.69. The lowest BCUT2D eigenvalue weighted by molar-refractivity contribution is 0.271. The molecule has 0 unspecified atom stereocenters. The smallest absolute Gasteiger partial charge is 0.240 e. The van der Waals surface area contributed by atoms with Crippen molar-refractivity contribution in [2.45, 2.75) is 31.2 Å². The summed E-state index contributed by atoms with van der Waals surface area (Å²) in [5, 5.41) is 0. The van der Waals surface area contributed by atoms with Gasteiger partial charge in [-0.05, 0) is 46.0 Å². The zero-order chi connectivity index (χ0) is 16.0. The van der Waals surface area contributed by atoms with Crippen LogP contribution in [0.25, 0.3) is 0 Å². The Bertz CT molecular complexity index is 586. The van der Waals surface area contributed by atoms with E-state index in [0.717, 1.165) is 13.0 Å². The van der Waals surface area contributed by atoms with Crippen LogP contribution in [-0.4, -0.2) is 44.5 Å². The monoisotopic (exact) mass is 329 g/mol. The van der Waals surface area contributed by atoms with Crippen LogP contribution in [0.5, 0.6) is 0 Å². The molecule has 5 nitrogen and oxygen atoms in total. The minimum absolute atomic E-state index is 0.185.